The van der Waals surface area contributed by atoms with Crippen LogP contribution in [0.3, 0.4) is 0 Å². The molecule has 0 aromatic heterocycles. The minimum Gasteiger partial charge on any atom is -0.334 e. The second kappa shape index (κ2) is 7.25. The summed E-state index contributed by atoms with van der Waals surface area (Å²) in [6.07, 6.45) is 3.59. The topological polar surface area (TPSA) is 78.5 Å². The Morgan fingerprint density at radius 3 is 2.60 bits per heavy atom. The van der Waals surface area contributed by atoms with Crippen LogP contribution in [0.2, 0.25) is 0 Å². The minimum atomic E-state index is -3.29. The largest absolute Gasteiger partial charge is 0.334 e. The number of carbonyl (C=O) groups excluding carboxylic acids is 1. The van der Waals surface area contributed by atoms with Gasteiger partial charge in [0.1, 0.15) is 11.6 Å². The molecule has 0 spiro atoms. The fourth-order valence-corrected chi connectivity index (χ4v) is 4.89. The van der Waals surface area contributed by atoms with E-state index in [1.165, 1.54) is 4.31 Å². The number of nitrogens with one attached hydrogen (secondary N) is 2. The zero-order chi connectivity index (χ0) is 18.0. The van der Waals surface area contributed by atoms with Crippen LogP contribution in [0, 0.1) is 11.6 Å². The average molecular weight is 373 g/mol. The van der Waals surface area contributed by atoms with Gasteiger partial charge in [-0.25, -0.2) is 22.0 Å². The van der Waals surface area contributed by atoms with Gasteiger partial charge < -0.3 is 10.6 Å². The van der Waals surface area contributed by atoms with Crippen molar-refractivity contribution in [1.29, 1.82) is 0 Å². The Hall–Kier alpha value is -1.74. The lowest BCUT2D eigenvalue weighted by Gasteiger charge is -2.24. The highest BCUT2D eigenvalue weighted by Crippen LogP contribution is 2.32. The van der Waals surface area contributed by atoms with Crippen molar-refractivity contribution in [3.63, 3.8) is 0 Å². The number of rotatable bonds is 4. The molecule has 0 radical (unpaired) electrons. The van der Waals surface area contributed by atoms with Gasteiger partial charge in [0, 0.05) is 25.2 Å². The molecule has 0 bridgehead atoms. The summed E-state index contributed by atoms with van der Waals surface area (Å²) in [6.45, 7) is 0.684. The number of sulfonamides is 1. The van der Waals surface area contributed by atoms with Gasteiger partial charge in [-0.15, -0.1) is 0 Å². The third kappa shape index (κ3) is 4.46. The Kier molecular flexibility index (Phi) is 5.24. The lowest BCUT2D eigenvalue weighted by Crippen LogP contribution is -2.46. The van der Waals surface area contributed by atoms with E-state index >= 15 is 0 Å². The number of hydrogen-bond acceptors (Lipinski definition) is 3. The van der Waals surface area contributed by atoms with Crippen molar-refractivity contribution in [2.75, 3.05) is 18.4 Å². The van der Waals surface area contributed by atoms with E-state index in [4.69, 9.17) is 0 Å². The van der Waals surface area contributed by atoms with Crippen molar-refractivity contribution in [3.8, 4) is 0 Å². The Morgan fingerprint density at radius 1 is 1.16 bits per heavy atom. The van der Waals surface area contributed by atoms with E-state index in [1.807, 2.05) is 0 Å². The number of hydrogen-bond donors (Lipinski definition) is 2. The average Bonchev–Trinajstić information content (AvgIpc) is 3.37. The molecule has 25 heavy (non-hydrogen) atoms. The third-order valence-electron chi connectivity index (χ3n) is 4.45. The second-order valence-electron chi connectivity index (χ2n) is 6.52. The van der Waals surface area contributed by atoms with Crippen LogP contribution in [0.1, 0.15) is 32.1 Å². The summed E-state index contributed by atoms with van der Waals surface area (Å²) in [4.78, 5) is 12.1. The van der Waals surface area contributed by atoms with Crippen LogP contribution in [0.15, 0.2) is 18.2 Å². The van der Waals surface area contributed by atoms with Gasteiger partial charge in [0.05, 0.1) is 10.9 Å². The fraction of sp³-hybridized carbons (Fsp3) is 0.562. The summed E-state index contributed by atoms with van der Waals surface area (Å²) in [5.74, 6) is -1.60. The maximum atomic E-state index is 13.6. The predicted octanol–water partition coefficient (Wildman–Crippen LogP) is 2.43. The third-order valence-corrected chi connectivity index (χ3v) is 6.82. The number of nitrogens with zero attached hydrogens (tertiary/aromatic N) is 1. The molecular weight excluding hydrogens is 352 g/mol. The molecule has 1 saturated carbocycles. The molecule has 2 fully saturated rings. The summed E-state index contributed by atoms with van der Waals surface area (Å²) < 4.78 is 52.8. The van der Waals surface area contributed by atoms with E-state index in [9.17, 15) is 22.0 Å². The van der Waals surface area contributed by atoms with Crippen molar-refractivity contribution in [2.24, 2.45) is 0 Å². The highest BCUT2D eigenvalue weighted by atomic mass is 32.2. The smallest absolute Gasteiger partial charge is 0.319 e. The molecule has 2 N–H and O–H groups in total. The molecule has 3 rings (SSSR count). The van der Waals surface area contributed by atoms with Crippen LogP contribution in [0.25, 0.3) is 0 Å². The first-order chi connectivity index (χ1) is 11.9. The fourth-order valence-electron chi connectivity index (χ4n) is 2.97. The molecule has 1 saturated heterocycles. The zero-order valence-electron chi connectivity index (χ0n) is 13.7. The lowest BCUT2D eigenvalue weighted by atomic mass is 10.1. The first-order valence-corrected chi connectivity index (χ1v) is 9.88. The normalized spacial score (nSPS) is 22.2. The SMILES string of the molecule is O=C(Nc1ccc(F)cc1F)N[C@@H]1CCCCN(S(=O)(=O)C2CC2)C1. The Labute approximate surface area is 145 Å². The van der Waals surface area contributed by atoms with E-state index in [-0.39, 0.29) is 23.5 Å². The van der Waals surface area contributed by atoms with E-state index in [2.05, 4.69) is 10.6 Å². The van der Waals surface area contributed by atoms with Crippen LogP contribution in [0.4, 0.5) is 19.3 Å². The molecule has 1 aliphatic carbocycles. The molecule has 1 aliphatic heterocycles. The zero-order valence-corrected chi connectivity index (χ0v) is 14.5. The molecule has 1 heterocycles. The highest BCUT2D eigenvalue weighted by molar-refractivity contribution is 7.90. The van der Waals surface area contributed by atoms with Gasteiger partial charge in [0.25, 0.3) is 0 Å². The molecule has 2 aliphatic rings. The Morgan fingerprint density at radius 2 is 1.92 bits per heavy atom. The molecular formula is C16H21F2N3O3S. The van der Waals surface area contributed by atoms with Crippen LogP contribution >= 0.6 is 0 Å². The monoisotopic (exact) mass is 373 g/mol. The van der Waals surface area contributed by atoms with Crippen molar-refractivity contribution in [1.82, 2.24) is 9.62 Å². The van der Waals surface area contributed by atoms with Crippen molar-refractivity contribution < 1.29 is 22.0 Å². The van der Waals surface area contributed by atoms with Gasteiger partial charge >= 0.3 is 6.03 Å². The predicted molar refractivity (Wildman–Crippen MR) is 89.7 cm³/mol. The van der Waals surface area contributed by atoms with Crippen molar-refractivity contribution >= 4 is 21.7 Å². The number of anilines is 1. The summed E-state index contributed by atoms with van der Waals surface area (Å²) >= 11 is 0. The van der Waals surface area contributed by atoms with Gasteiger partial charge in [0.2, 0.25) is 10.0 Å². The number of benzene rings is 1. The number of carbonyl (C=O) groups is 1. The number of halogens is 2. The first-order valence-electron chi connectivity index (χ1n) is 8.38. The van der Waals surface area contributed by atoms with E-state index in [0.717, 1.165) is 25.0 Å². The van der Waals surface area contributed by atoms with Crippen LogP contribution < -0.4 is 10.6 Å². The molecule has 9 heteroatoms. The first kappa shape index (κ1) is 18.1. The molecule has 6 nitrogen and oxygen atoms in total. The second-order valence-corrected chi connectivity index (χ2v) is 8.73. The summed E-state index contributed by atoms with van der Waals surface area (Å²) in [5, 5.41) is 4.74. The molecule has 1 atom stereocenters. The van der Waals surface area contributed by atoms with Gasteiger partial charge in [0.15, 0.2) is 0 Å². The van der Waals surface area contributed by atoms with Gasteiger partial charge in [-0.05, 0) is 37.8 Å². The van der Waals surface area contributed by atoms with E-state index < -0.39 is 27.7 Å². The molecule has 1 aromatic carbocycles. The maximum absolute atomic E-state index is 13.6. The van der Waals surface area contributed by atoms with Crippen LogP contribution in [0.5, 0.6) is 0 Å². The Balaban J connectivity index is 1.61. The lowest BCUT2D eigenvalue weighted by molar-refractivity contribution is 0.245. The summed E-state index contributed by atoms with van der Waals surface area (Å²) in [5.41, 5.74) is -0.130. The summed E-state index contributed by atoms with van der Waals surface area (Å²) in [6, 6.07) is 1.89. The van der Waals surface area contributed by atoms with Gasteiger partial charge in [-0.3, -0.25) is 0 Å². The quantitative estimate of drug-likeness (QED) is 0.851. The van der Waals surface area contributed by atoms with E-state index in [1.54, 1.807) is 0 Å². The molecule has 0 unspecified atom stereocenters. The van der Waals surface area contributed by atoms with Crippen molar-refractivity contribution in [2.45, 2.75) is 43.4 Å². The maximum Gasteiger partial charge on any atom is 0.319 e. The summed E-state index contributed by atoms with van der Waals surface area (Å²) in [7, 11) is -3.29. The number of amides is 2. The minimum absolute atomic E-state index is 0.130. The van der Waals surface area contributed by atoms with Crippen LogP contribution in [-0.4, -0.2) is 43.1 Å². The molecule has 2 amide bonds. The van der Waals surface area contributed by atoms with Crippen molar-refractivity contribution in [3.05, 3.63) is 29.8 Å². The standard InChI is InChI=1S/C16H21F2N3O3S/c17-11-4-7-15(14(18)9-11)20-16(22)19-12-3-1-2-8-21(10-12)25(23,24)13-5-6-13/h4,7,9,12-13H,1-3,5-6,8,10H2,(H2,19,20,22)/t12-/m1/s1. The van der Waals surface area contributed by atoms with E-state index in [0.29, 0.717) is 31.9 Å². The molecule has 1 aromatic rings. The van der Waals surface area contributed by atoms with Gasteiger partial charge in [-0.1, -0.05) is 6.42 Å². The molecule has 138 valence electrons. The number of urea groups is 1. The van der Waals surface area contributed by atoms with Gasteiger partial charge in [-0.2, -0.15) is 4.31 Å². The Bertz CT molecular complexity index is 753. The highest BCUT2D eigenvalue weighted by Gasteiger charge is 2.41. The van der Waals surface area contributed by atoms with Crippen LogP contribution in [-0.2, 0) is 10.0 Å².